The van der Waals surface area contributed by atoms with Gasteiger partial charge in [0.15, 0.2) is 0 Å². The Labute approximate surface area is 120 Å². The molecule has 1 aliphatic heterocycles. The molecule has 0 spiro atoms. The normalized spacial score (nSPS) is 26.6. The Morgan fingerprint density at radius 3 is 2.65 bits per heavy atom. The van der Waals surface area contributed by atoms with Crippen molar-refractivity contribution in [2.24, 2.45) is 11.1 Å². The summed E-state index contributed by atoms with van der Waals surface area (Å²) in [5.74, 6) is 0.723. The fraction of sp³-hybridized carbons (Fsp3) is 0.571. The zero-order chi connectivity index (χ0) is 14.3. The van der Waals surface area contributed by atoms with E-state index >= 15 is 0 Å². The van der Waals surface area contributed by atoms with Gasteiger partial charge in [0, 0.05) is 12.6 Å². The van der Waals surface area contributed by atoms with Gasteiger partial charge < -0.3 is 10.6 Å². The van der Waals surface area contributed by atoms with Crippen molar-refractivity contribution in [2.45, 2.75) is 43.0 Å². The van der Waals surface area contributed by atoms with E-state index in [1.54, 1.807) is 12.1 Å². The van der Waals surface area contributed by atoms with Crippen LogP contribution in [0.15, 0.2) is 23.1 Å². The fourth-order valence-electron chi connectivity index (χ4n) is 3.65. The van der Waals surface area contributed by atoms with Crippen molar-refractivity contribution in [3.05, 3.63) is 18.2 Å². The number of fused-ring (bicyclic) bond motifs is 1. The maximum absolute atomic E-state index is 11.5. The van der Waals surface area contributed by atoms with Gasteiger partial charge >= 0.3 is 0 Å². The second-order valence-corrected chi connectivity index (χ2v) is 7.42. The molecular weight excluding hydrogens is 274 g/mol. The lowest BCUT2D eigenvalue weighted by Crippen LogP contribution is -2.35. The Morgan fingerprint density at radius 1 is 1.15 bits per heavy atom. The summed E-state index contributed by atoms with van der Waals surface area (Å²) in [5.41, 5.74) is 7.51. The standard InChI is InChI=1S/C14H21N3O2S/c15-12-6-5-11(20(16,18)19)9-14(12)17-8-7-10-3-1-2-4-13(10)17/h5-6,9-10,13H,1-4,7-8,15H2,(H2,16,18,19). The van der Waals surface area contributed by atoms with Gasteiger partial charge in [0.05, 0.1) is 16.3 Å². The molecule has 1 saturated heterocycles. The topological polar surface area (TPSA) is 89.4 Å². The number of primary sulfonamides is 1. The van der Waals surface area contributed by atoms with Crippen molar-refractivity contribution < 1.29 is 8.42 Å². The van der Waals surface area contributed by atoms with Crippen LogP contribution in [-0.4, -0.2) is 21.0 Å². The Morgan fingerprint density at radius 2 is 1.90 bits per heavy atom. The molecule has 2 fully saturated rings. The predicted molar refractivity (Wildman–Crippen MR) is 79.9 cm³/mol. The van der Waals surface area contributed by atoms with Crippen LogP contribution >= 0.6 is 0 Å². The molecule has 2 unspecified atom stereocenters. The number of hydrogen-bond acceptors (Lipinski definition) is 4. The third-order valence-corrected chi connectivity index (χ3v) is 5.56. The van der Waals surface area contributed by atoms with Gasteiger partial charge in [0.1, 0.15) is 0 Å². The van der Waals surface area contributed by atoms with E-state index in [-0.39, 0.29) is 4.90 Å². The zero-order valence-corrected chi connectivity index (χ0v) is 12.3. The highest BCUT2D eigenvalue weighted by Gasteiger charge is 2.36. The van der Waals surface area contributed by atoms with Crippen LogP contribution in [0.3, 0.4) is 0 Å². The van der Waals surface area contributed by atoms with Crippen LogP contribution in [0.1, 0.15) is 32.1 Å². The van der Waals surface area contributed by atoms with E-state index in [4.69, 9.17) is 10.9 Å². The lowest BCUT2D eigenvalue weighted by molar-refractivity contribution is 0.342. The smallest absolute Gasteiger partial charge is 0.238 e. The third kappa shape index (κ3) is 2.38. The van der Waals surface area contributed by atoms with Crippen LogP contribution in [0.5, 0.6) is 0 Å². The van der Waals surface area contributed by atoms with Gasteiger partial charge in [-0.3, -0.25) is 0 Å². The highest BCUT2D eigenvalue weighted by molar-refractivity contribution is 7.89. The van der Waals surface area contributed by atoms with Crippen LogP contribution in [0, 0.1) is 5.92 Å². The van der Waals surface area contributed by atoms with E-state index in [0.717, 1.165) is 18.2 Å². The minimum Gasteiger partial charge on any atom is -0.397 e. The number of rotatable bonds is 2. The molecule has 1 aromatic carbocycles. The second kappa shape index (κ2) is 4.93. The van der Waals surface area contributed by atoms with Crippen LogP contribution in [0.4, 0.5) is 11.4 Å². The monoisotopic (exact) mass is 295 g/mol. The Kier molecular flexibility index (Phi) is 3.38. The third-order valence-electron chi connectivity index (χ3n) is 4.65. The van der Waals surface area contributed by atoms with E-state index in [9.17, 15) is 8.42 Å². The molecule has 110 valence electrons. The van der Waals surface area contributed by atoms with E-state index in [1.165, 1.54) is 38.2 Å². The first-order valence-electron chi connectivity index (χ1n) is 7.16. The van der Waals surface area contributed by atoms with Crippen LogP contribution in [0.2, 0.25) is 0 Å². The summed E-state index contributed by atoms with van der Waals surface area (Å²) >= 11 is 0. The average Bonchev–Trinajstić information content (AvgIpc) is 2.82. The van der Waals surface area contributed by atoms with E-state index in [0.29, 0.717) is 11.7 Å². The Balaban J connectivity index is 1.97. The summed E-state index contributed by atoms with van der Waals surface area (Å²) in [6, 6.07) is 5.25. The first kappa shape index (κ1) is 13.7. The van der Waals surface area contributed by atoms with E-state index < -0.39 is 10.0 Å². The summed E-state index contributed by atoms with van der Waals surface area (Å²) < 4.78 is 23.0. The van der Waals surface area contributed by atoms with Gasteiger partial charge in [-0.25, -0.2) is 13.6 Å². The number of sulfonamides is 1. The van der Waals surface area contributed by atoms with Crippen molar-refractivity contribution in [3.8, 4) is 0 Å². The average molecular weight is 295 g/mol. The van der Waals surface area contributed by atoms with Crippen molar-refractivity contribution in [1.29, 1.82) is 0 Å². The van der Waals surface area contributed by atoms with Crippen molar-refractivity contribution >= 4 is 21.4 Å². The predicted octanol–water partition coefficient (Wildman–Crippen LogP) is 1.69. The molecule has 3 rings (SSSR count). The Hall–Kier alpha value is -1.27. The molecule has 5 nitrogen and oxygen atoms in total. The molecule has 0 bridgehead atoms. The number of nitrogens with zero attached hydrogens (tertiary/aromatic N) is 1. The van der Waals surface area contributed by atoms with E-state index in [1.807, 2.05) is 0 Å². The van der Waals surface area contributed by atoms with Gasteiger partial charge in [0.25, 0.3) is 0 Å². The highest BCUT2D eigenvalue weighted by Crippen LogP contribution is 2.41. The minimum atomic E-state index is -3.68. The molecule has 1 aliphatic carbocycles. The maximum atomic E-state index is 11.5. The number of hydrogen-bond donors (Lipinski definition) is 2. The summed E-state index contributed by atoms with van der Waals surface area (Å²) in [7, 11) is -3.68. The largest absolute Gasteiger partial charge is 0.397 e. The number of benzene rings is 1. The van der Waals surface area contributed by atoms with Crippen molar-refractivity contribution in [2.75, 3.05) is 17.2 Å². The molecule has 2 atom stereocenters. The first-order chi connectivity index (χ1) is 9.47. The second-order valence-electron chi connectivity index (χ2n) is 5.86. The van der Waals surface area contributed by atoms with Crippen molar-refractivity contribution in [3.63, 3.8) is 0 Å². The number of anilines is 2. The molecule has 0 amide bonds. The molecule has 1 heterocycles. The fourth-order valence-corrected chi connectivity index (χ4v) is 4.19. The lowest BCUT2D eigenvalue weighted by Gasteiger charge is -2.34. The molecule has 1 saturated carbocycles. The molecule has 20 heavy (non-hydrogen) atoms. The minimum absolute atomic E-state index is 0.140. The van der Waals surface area contributed by atoms with E-state index in [2.05, 4.69) is 4.90 Å². The molecule has 6 heteroatoms. The zero-order valence-electron chi connectivity index (χ0n) is 11.5. The van der Waals surface area contributed by atoms with Gasteiger partial charge in [-0.15, -0.1) is 0 Å². The van der Waals surface area contributed by atoms with Crippen LogP contribution in [0.25, 0.3) is 0 Å². The lowest BCUT2D eigenvalue weighted by atomic mass is 9.85. The summed E-state index contributed by atoms with van der Waals surface area (Å²) in [5, 5.41) is 5.22. The molecule has 4 N–H and O–H groups in total. The molecule has 0 aromatic heterocycles. The first-order valence-corrected chi connectivity index (χ1v) is 8.70. The summed E-state index contributed by atoms with van der Waals surface area (Å²) in [4.78, 5) is 2.43. The number of nitrogen functional groups attached to an aromatic ring is 1. The maximum Gasteiger partial charge on any atom is 0.238 e. The summed E-state index contributed by atoms with van der Waals surface area (Å²) in [6.07, 6.45) is 6.16. The van der Waals surface area contributed by atoms with Gasteiger partial charge in [-0.2, -0.15) is 0 Å². The quantitative estimate of drug-likeness (QED) is 0.812. The van der Waals surface area contributed by atoms with Crippen molar-refractivity contribution in [1.82, 2.24) is 0 Å². The Bertz CT molecular complexity index is 615. The molecule has 2 aliphatic rings. The van der Waals surface area contributed by atoms with Crippen LogP contribution in [-0.2, 0) is 10.0 Å². The van der Waals surface area contributed by atoms with Crippen LogP contribution < -0.4 is 15.8 Å². The molecule has 1 aromatic rings. The molecular formula is C14H21N3O2S. The SMILES string of the molecule is Nc1ccc(S(N)(=O)=O)cc1N1CCC2CCCCC21. The summed E-state index contributed by atoms with van der Waals surface area (Å²) in [6.45, 7) is 0.952. The van der Waals surface area contributed by atoms with Gasteiger partial charge in [-0.1, -0.05) is 12.8 Å². The highest BCUT2D eigenvalue weighted by atomic mass is 32.2. The molecule has 0 radical (unpaired) electrons. The van der Waals surface area contributed by atoms with Gasteiger partial charge in [0.2, 0.25) is 10.0 Å². The number of nitrogens with two attached hydrogens (primary N) is 2. The van der Waals surface area contributed by atoms with Gasteiger partial charge in [-0.05, 0) is 43.4 Å².